The highest BCUT2D eigenvalue weighted by Gasteiger charge is 2.28. The summed E-state index contributed by atoms with van der Waals surface area (Å²) in [7, 11) is 0. The van der Waals surface area contributed by atoms with Gasteiger partial charge in [0, 0.05) is 6.61 Å². The van der Waals surface area contributed by atoms with Crippen LogP contribution < -0.4 is 0 Å². The molecule has 0 aromatic heterocycles. The highest BCUT2D eigenvalue weighted by atomic mass is 16.5. The van der Waals surface area contributed by atoms with E-state index < -0.39 is 0 Å². The van der Waals surface area contributed by atoms with Gasteiger partial charge >= 0.3 is 0 Å². The molecule has 0 aromatic rings. The quantitative estimate of drug-likeness (QED) is 0.620. The topological polar surface area (TPSA) is 9.23 Å². The summed E-state index contributed by atoms with van der Waals surface area (Å²) in [4.78, 5) is 0. The van der Waals surface area contributed by atoms with Crippen molar-refractivity contribution in [2.45, 2.75) is 72.3 Å². The number of rotatable bonds is 3. The maximum Gasteiger partial charge on any atom is 0.0660 e. The van der Waals surface area contributed by atoms with Crippen molar-refractivity contribution in [2.75, 3.05) is 6.61 Å². The van der Waals surface area contributed by atoms with E-state index in [1.807, 2.05) is 0 Å². The number of hydrogen-bond donors (Lipinski definition) is 0. The van der Waals surface area contributed by atoms with Crippen molar-refractivity contribution in [1.82, 2.24) is 0 Å². The van der Waals surface area contributed by atoms with E-state index in [9.17, 15) is 0 Å². The fraction of sp³-hybridized carbons (Fsp3) is 0.765. The SMILES string of the molecule is CCOC(C)(C)C1C/C=C(\C)CCC/C(C)=C/C1. The van der Waals surface area contributed by atoms with Crippen LogP contribution in [0.2, 0.25) is 0 Å². The Morgan fingerprint density at radius 3 is 2.06 bits per heavy atom. The van der Waals surface area contributed by atoms with Gasteiger partial charge in [-0.15, -0.1) is 0 Å². The summed E-state index contributed by atoms with van der Waals surface area (Å²) in [5.74, 6) is 0.584. The minimum atomic E-state index is -0.0263. The normalized spacial score (nSPS) is 29.1. The zero-order valence-corrected chi connectivity index (χ0v) is 12.9. The summed E-state index contributed by atoms with van der Waals surface area (Å²) in [5.41, 5.74) is 3.06. The van der Waals surface area contributed by atoms with Crippen LogP contribution in [-0.4, -0.2) is 12.2 Å². The summed E-state index contributed by atoms with van der Waals surface area (Å²) in [6.07, 6.45) is 10.9. The van der Waals surface area contributed by atoms with Crippen molar-refractivity contribution in [3.63, 3.8) is 0 Å². The third kappa shape index (κ3) is 4.97. The maximum atomic E-state index is 5.95. The Labute approximate surface area is 113 Å². The molecule has 1 aliphatic carbocycles. The van der Waals surface area contributed by atoms with Gasteiger partial charge in [-0.1, -0.05) is 23.3 Å². The average Bonchev–Trinajstić information content (AvgIpc) is 2.28. The molecule has 1 rings (SSSR count). The third-order valence-electron chi connectivity index (χ3n) is 4.14. The van der Waals surface area contributed by atoms with Crippen LogP contribution in [0.15, 0.2) is 23.3 Å². The van der Waals surface area contributed by atoms with Gasteiger partial charge in [-0.2, -0.15) is 0 Å². The minimum absolute atomic E-state index is 0.0263. The molecule has 0 saturated heterocycles. The zero-order valence-electron chi connectivity index (χ0n) is 12.9. The molecule has 0 aromatic carbocycles. The first-order valence-corrected chi connectivity index (χ1v) is 7.41. The summed E-state index contributed by atoms with van der Waals surface area (Å²) >= 11 is 0. The van der Waals surface area contributed by atoms with Crippen LogP contribution in [0.3, 0.4) is 0 Å². The highest BCUT2D eigenvalue weighted by molar-refractivity contribution is 5.07. The maximum absolute atomic E-state index is 5.95. The molecular weight excluding hydrogens is 220 g/mol. The van der Waals surface area contributed by atoms with Crippen LogP contribution in [0.4, 0.5) is 0 Å². The lowest BCUT2D eigenvalue weighted by molar-refractivity contribution is -0.0529. The van der Waals surface area contributed by atoms with Crippen molar-refractivity contribution >= 4 is 0 Å². The van der Waals surface area contributed by atoms with E-state index >= 15 is 0 Å². The minimum Gasteiger partial charge on any atom is -0.376 e. The molecule has 1 heteroatoms. The van der Waals surface area contributed by atoms with E-state index in [-0.39, 0.29) is 5.60 Å². The van der Waals surface area contributed by atoms with Gasteiger partial charge in [0.2, 0.25) is 0 Å². The number of hydrogen-bond acceptors (Lipinski definition) is 1. The van der Waals surface area contributed by atoms with Gasteiger partial charge in [-0.3, -0.25) is 0 Å². The third-order valence-corrected chi connectivity index (χ3v) is 4.14. The van der Waals surface area contributed by atoms with Crippen LogP contribution in [0, 0.1) is 5.92 Å². The van der Waals surface area contributed by atoms with Crippen molar-refractivity contribution in [1.29, 1.82) is 0 Å². The van der Waals surface area contributed by atoms with E-state index in [0.717, 1.165) is 19.4 Å². The average molecular weight is 250 g/mol. The largest absolute Gasteiger partial charge is 0.376 e. The van der Waals surface area contributed by atoms with E-state index in [1.165, 1.54) is 19.3 Å². The molecule has 0 radical (unpaired) electrons. The molecule has 0 atom stereocenters. The molecule has 0 saturated carbocycles. The standard InChI is InChI=1S/C17H30O/c1-6-18-17(4,5)16-12-10-14(2)8-7-9-15(3)11-13-16/h10-11,16H,6-9,12-13H2,1-5H3/b14-10+,15-11+. The van der Waals surface area contributed by atoms with Gasteiger partial charge in [0.1, 0.15) is 0 Å². The van der Waals surface area contributed by atoms with Crippen LogP contribution >= 0.6 is 0 Å². The van der Waals surface area contributed by atoms with E-state index in [2.05, 4.69) is 46.8 Å². The Balaban J connectivity index is 2.81. The molecule has 0 N–H and O–H groups in total. The Bertz CT molecular complexity index is 288. The Morgan fingerprint density at radius 2 is 1.61 bits per heavy atom. The summed E-state index contributed by atoms with van der Waals surface area (Å²) in [6.45, 7) is 11.9. The van der Waals surface area contributed by atoms with Gasteiger partial charge in [0.05, 0.1) is 5.60 Å². The molecule has 0 heterocycles. The zero-order chi connectivity index (χ0) is 13.6. The van der Waals surface area contributed by atoms with Crippen LogP contribution in [-0.2, 0) is 4.74 Å². The predicted molar refractivity (Wildman–Crippen MR) is 79.8 cm³/mol. The first kappa shape index (κ1) is 15.5. The predicted octanol–water partition coefficient (Wildman–Crippen LogP) is 5.27. The lowest BCUT2D eigenvalue weighted by Gasteiger charge is -2.33. The van der Waals surface area contributed by atoms with E-state index in [0.29, 0.717) is 5.92 Å². The van der Waals surface area contributed by atoms with Gasteiger partial charge < -0.3 is 4.74 Å². The van der Waals surface area contributed by atoms with Crippen molar-refractivity contribution in [2.24, 2.45) is 5.92 Å². The molecule has 0 amide bonds. The first-order chi connectivity index (χ1) is 8.45. The number of ether oxygens (including phenoxy) is 1. The second-order valence-corrected chi connectivity index (χ2v) is 6.16. The van der Waals surface area contributed by atoms with Crippen LogP contribution in [0.5, 0.6) is 0 Å². The molecule has 104 valence electrons. The molecular formula is C17H30O. The Morgan fingerprint density at radius 1 is 1.11 bits per heavy atom. The van der Waals surface area contributed by atoms with Crippen LogP contribution in [0.1, 0.15) is 66.7 Å². The fourth-order valence-corrected chi connectivity index (χ4v) is 2.69. The number of allylic oxidation sites excluding steroid dienone is 4. The molecule has 18 heavy (non-hydrogen) atoms. The second-order valence-electron chi connectivity index (χ2n) is 6.16. The van der Waals surface area contributed by atoms with E-state index in [4.69, 9.17) is 4.74 Å². The van der Waals surface area contributed by atoms with Gasteiger partial charge in [0.15, 0.2) is 0 Å². The van der Waals surface area contributed by atoms with Crippen molar-refractivity contribution < 1.29 is 4.74 Å². The fourth-order valence-electron chi connectivity index (χ4n) is 2.69. The van der Waals surface area contributed by atoms with Crippen molar-refractivity contribution in [3.8, 4) is 0 Å². The molecule has 1 nitrogen and oxygen atoms in total. The van der Waals surface area contributed by atoms with Gasteiger partial charge in [-0.05, 0) is 72.6 Å². The summed E-state index contributed by atoms with van der Waals surface area (Å²) in [6, 6.07) is 0. The first-order valence-electron chi connectivity index (χ1n) is 7.41. The summed E-state index contributed by atoms with van der Waals surface area (Å²) < 4.78 is 5.95. The molecule has 1 aliphatic rings. The molecule has 0 fully saturated rings. The van der Waals surface area contributed by atoms with Gasteiger partial charge in [-0.25, -0.2) is 0 Å². The highest BCUT2D eigenvalue weighted by Crippen LogP contribution is 2.30. The van der Waals surface area contributed by atoms with Crippen LogP contribution in [0.25, 0.3) is 0 Å². The monoisotopic (exact) mass is 250 g/mol. The smallest absolute Gasteiger partial charge is 0.0660 e. The Kier molecular flexibility index (Phi) is 6.14. The molecule has 0 aliphatic heterocycles. The lowest BCUT2D eigenvalue weighted by atomic mass is 9.83. The molecule has 0 bridgehead atoms. The lowest BCUT2D eigenvalue weighted by Crippen LogP contribution is -2.34. The molecule has 0 spiro atoms. The van der Waals surface area contributed by atoms with Crippen molar-refractivity contribution in [3.05, 3.63) is 23.3 Å². The molecule has 0 unspecified atom stereocenters. The Hall–Kier alpha value is -0.560. The van der Waals surface area contributed by atoms with Gasteiger partial charge in [0.25, 0.3) is 0 Å². The summed E-state index contributed by atoms with van der Waals surface area (Å²) in [5, 5.41) is 0. The van der Waals surface area contributed by atoms with E-state index in [1.54, 1.807) is 11.1 Å². The second kappa shape index (κ2) is 7.13.